The highest BCUT2D eigenvalue weighted by Crippen LogP contribution is 2.28. The van der Waals surface area contributed by atoms with Gasteiger partial charge in [0.25, 0.3) is 0 Å². The number of hydrogen-bond donors (Lipinski definition) is 1. The number of benzene rings is 2. The molecule has 0 atom stereocenters. The van der Waals surface area contributed by atoms with Gasteiger partial charge in [-0.25, -0.2) is 4.98 Å². The average Bonchev–Trinajstić information content (AvgIpc) is 3.32. The van der Waals surface area contributed by atoms with Crippen LogP contribution in [0.3, 0.4) is 0 Å². The van der Waals surface area contributed by atoms with E-state index < -0.39 is 0 Å². The Morgan fingerprint density at radius 1 is 0.900 bits per heavy atom. The molecule has 5 heteroatoms. The van der Waals surface area contributed by atoms with Crippen LogP contribution in [0.25, 0.3) is 10.9 Å². The lowest BCUT2D eigenvalue weighted by atomic mass is 9.90. The molecule has 0 radical (unpaired) electrons. The molecule has 152 valence electrons. The fourth-order valence-corrected chi connectivity index (χ4v) is 4.21. The third-order valence-corrected chi connectivity index (χ3v) is 5.87. The smallest absolute Gasteiger partial charge is 0.227 e. The lowest BCUT2D eigenvalue weighted by molar-refractivity contribution is 0.401. The second kappa shape index (κ2) is 8.57. The molecule has 3 heterocycles. The van der Waals surface area contributed by atoms with Crippen LogP contribution < -0.4 is 10.2 Å². The zero-order chi connectivity index (χ0) is 20.2. The zero-order valence-corrected chi connectivity index (χ0v) is 17.0. The lowest BCUT2D eigenvalue weighted by Crippen LogP contribution is -2.35. The predicted molar refractivity (Wildman–Crippen MR) is 121 cm³/mol. The molecule has 1 aliphatic rings. The summed E-state index contributed by atoms with van der Waals surface area (Å²) < 4.78 is 5.46. The molecule has 2 aromatic carbocycles. The molecule has 0 spiro atoms. The molecule has 1 fully saturated rings. The third kappa shape index (κ3) is 4.15. The molecule has 0 amide bonds. The molecule has 2 aromatic heterocycles. The highest BCUT2D eigenvalue weighted by atomic mass is 16.3. The minimum absolute atomic E-state index is 0.604. The van der Waals surface area contributed by atoms with Gasteiger partial charge >= 0.3 is 0 Å². The van der Waals surface area contributed by atoms with Gasteiger partial charge in [-0.1, -0.05) is 42.5 Å². The normalized spacial score (nSPS) is 14.9. The maximum Gasteiger partial charge on any atom is 0.227 e. The van der Waals surface area contributed by atoms with E-state index in [1.165, 1.54) is 18.4 Å². The van der Waals surface area contributed by atoms with Gasteiger partial charge in [-0.2, -0.15) is 4.98 Å². The van der Waals surface area contributed by atoms with Crippen molar-refractivity contribution in [1.29, 1.82) is 0 Å². The van der Waals surface area contributed by atoms with E-state index in [-0.39, 0.29) is 0 Å². The summed E-state index contributed by atoms with van der Waals surface area (Å²) in [5, 5.41) is 4.47. The Labute approximate surface area is 176 Å². The summed E-state index contributed by atoms with van der Waals surface area (Å²) in [7, 11) is 0. The number of fused-ring (bicyclic) bond motifs is 1. The van der Waals surface area contributed by atoms with Crippen LogP contribution in [0.2, 0.25) is 0 Å². The number of anilines is 2. The molecule has 30 heavy (non-hydrogen) atoms. The topological polar surface area (TPSA) is 54.2 Å². The Morgan fingerprint density at radius 3 is 2.50 bits per heavy atom. The van der Waals surface area contributed by atoms with Crippen LogP contribution in [0.4, 0.5) is 11.8 Å². The second-order valence-corrected chi connectivity index (χ2v) is 7.94. The van der Waals surface area contributed by atoms with Crippen molar-refractivity contribution >= 4 is 22.7 Å². The molecule has 0 aliphatic carbocycles. The third-order valence-electron chi connectivity index (χ3n) is 5.87. The minimum atomic E-state index is 0.604. The zero-order valence-electron chi connectivity index (χ0n) is 17.0. The summed E-state index contributed by atoms with van der Waals surface area (Å²) in [6.07, 6.45) is 5.18. The first-order valence-corrected chi connectivity index (χ1v) is 10.7. The molecule has 5 rings (SSSR count). The van der Waals surface area contributed by atoms with Crippen molar-refractivity contribution in [3.63, 3.8) is 0 Å². The molecule has 1 N–H and O–H groups in total. The summed E-state index contributed by atoms with van der Waals surface area (Å²) in [5.74, 6) is 3.29. The van der Waals surface area contributed by atoms with Gasteiger partial charge in [0.05, 0.1) is 18.3 Å². The summed E-state index contributed by atoms with van der Waals surface area (Å²) >= 11 is 0. The van der Waals surface area contributed by atoms with Gasteiger partial charge in [0.1, 0.15) is 11.6 Å². The van der Waals surface area contributed by atoms with Crippen molar-refractivity contribution in [3.05, 3.63) is 84.3 Å². The first-order chi connectivity index (χ1) is 14.8. The number of hydrogen-bond acceptors (Lipinski definition) is 5. The second-order valence-electron chi connectivity index (χ2n) is 7.94. The fourth-order valence-electron chi connectivity index (χ4n) is 4.21. The molecule has 0 saturated carbocycles. The van der Waals surface area contributed by atoms with Crippen LogP contribution in [-0.4, -0.2) is 23.1 Å². The summed E-state index contributed by atoms with van der Waals surface area (Å²) in [6.45, 7) is 2.59. The molecule has 1 aliphatic heterocycles. The molecule has 0 bridgehead atoms. The van der Waals surface area contributed by atoms with Crippen LogP contribution in [0, 0.1) is 5.92 Å². The van der Waals surface area contributed by atoms with Crippen LogP contribution in [0.15, 0.2) is 77.4 Å². The Kier molecular flexibility index (Phi) is 5.34. The lowest BCUT2D eigenvalue weighted by Gasteiger charge is -2.32. The largest absolute Gasteiger partial charge is 0.467 e. The van der Waals surface area contributed by atoms with E-state index in [2.05, 4.69) is 52.7 Å². The summed E-state index contributed by atoms with van der Waals surface area (Å²) in [5.41, 5.74) is 2.40. The van der Waals surface area contributed by atoms with Gasteiger partial charge in [0.2, 0.25) is 5.95 Å². The van der Waals surface area contributed by atoms with E-state index in [0.29, 0.717) is 6.54 Å². The quantitative estimate of drug-likeness (QED) is 0.478. The van der Waals surface area contributed by atoms with E-state index >= 15 is 0 Å². The Morgan fingerprint density at radius 2 is 1.70 bits per heavy atom. The van der Waals surface area contributed by atoms with Crippen molar-refractivity contribution in [2.45, 2.75) is 25.8 Å². The van der Waals surface area contributed by atoms with Crippen molar-refractivity contribution in [1.82, 2.24) is 9.97 Å². The number of rotatable bonds is 6. The Balaban J connectivity index is 1.32. The van der Waals surface area contributed by atoms with Gasteiger partial charge < -0.3 is 14.6 Å². The Bertz CT molecular complexity index is 1090. The highest BCUT2D eigenvalue weighted by molar-refractivity contribution is 5.90. The van der Waals surface area contributed by atoms with Crippen LogP contribution in [0.5, 0.6) is 0 Å². The SMILES string of the molecule is c1ccc(CC2CCN(c3nc(NCc4ccco4)c4ccccc4n3)CC2)cc1. The van der Waals surface area contributed by atoms with Gasteiger partial charge in [-0.05, 0) is 55.0 Å². The van der Waals surface area contributed by atoms with Crippen molar-refractivity contribution in [2.75, 3.05) is 23.3 Å². The number of nitrogens with zero attached hydrogens (tertiary/aromatic N) is 3. The van der Waals surface area contributed by atoms with Crippen LogP contribution in [-0.2, 0) is 13.0 Å². The minimum Gasteiger partial charge on any atom is -0.467 e. The molecular formula is C25H26N4O. The number of aromatic nitrogens is 2. The first-order valence-electron chi connectivity index (χ1n) is 10.7. The summed E-state index contributed by atoms with van der Waals surface area (Å²) in [4.78, 5) is 12.1. The van der Waals surface area contributed by atoms with Crippen molar-refractivity contribution in [3.8, 4) is 0 Å². The van der Waals surface area contributed by atoms with E-state index in [9.17, 15) is 0 Å². The van der Waals surface area contributed by atoms with Crippen molar-refractivity contribution < 1.29 is 4.42 Å². The maximum absolute atomic E-state index is 5.46. The standard InChI is InChI=1S/C25H26N4O/c1-2-7-19(8-3-1)17-20-12-14-29(15-13-20)25-27-23-11-5-4-10-22(23)24(28-25)26-18-21-9-6-16-30-21/h1-11,16,20H,12-15,17-18H2,(H,26,27,28). The van der Waals surface area contributed by atoms with Gasteiger partial charge in [-0.15, -0.1) is 0 Å². The number of nitrogens with one attached hydrogen (secondary N) is 1. The number of para-hydroxylation sites is 1. The maximum atomic E-state index is 5.46. The predicted octanol–water partition coefficient (Wildman–Crippen LogP) is 5.29. The van der Waals surface area contributed by atoms with E-state index in [4.69, 9.17) is 14.4 Å². The van der Waals surface area contributed by atoms with Crippen LogP contribution in [0.1, 0.15) is 24.2 Å². The molecule has 5 nitrogen and oxygen atoms in total. The Hall–Kier alpha value is -3.34. The number of furan rings is 1. The van der Waals surface area contributed by atoms with Gasteiger partial charge in [0.15, 0.2) is 0 Å². The molecule has 0 unspecified atom stereocenters. The van der Waals surface area contributed by atoms with Gasteiger partial charge in [-0.3, -0.25) is 0 Å². The number of piperidine rings is 1. The van der Waals surface area contributed by atoms with Crippen molar-refractivity contribution in [2.24, 2.45) is 5.92 Å². The monoisotopic (exact) mass is 398 g/mol. The van der Waals surface area contributed by atoms with E-state index in [0.717, 1.165) is 53.9 Å². The molecular weight excluding hydrogens is 372 g/mol. The van der Waals surface area contributed by atoms with Crippen LogP contribution >= 0.6 is 0 Å². The van der Waals surface area contributed by atoms with Gasteiger partial charge in [0, 0.05) is 18.5 Å². The summed E-state index contributed by atoms with van der Waals surface area (Å²) in [6, 6.07) is 22.9. The van der Waals surface area contributed by atoms with E-state index in [1.54, 1.807) is 6.26 Å². The fraction of sp³-hybridized carbons (Fsp3) is 0.280. The average molecular weight is 399 g/mol. The highest BCUT2D eigenvalue weighted by Gasteiger charge is 2.22. The molecule has 4 aromatic rings. The first kappa shape index (κ1) is 18.7. The molecule has 1 saturated heterocycles. The van der Waals surface area contributed by atoms with E-state index in [1.807, 2.05) is 24.3 Å².